The van der Waals surface area contributed by atoms with E-state index in [1.165, 1.54) is 83.5 Å². The van der Waals surface area contributed by atoms with Crippen molar-refractivity contribution in [1.82, 2.24) is 10.6 Å². The molecule has 6 aliphatic carbocycles. The molecule has 7 aliphatic rings. The largest absolute Gasteiger partial charge is 0.313 e. The van der Waals surface area contributed by atoms with E-state index in [2.05, 4.69) is 10.6 Å². The summed E-state index contributed by atoms with van der Waals surface area (Å²) in [5, 5.41) is 8.71. The molecule has 6 N–H and O–H groups in total. The maximum Gasteiger partial charge on any atom is 0.0668 e. The molecule has 1 aliphatic heterocycles. The Morgan fingerprint density at radius 3 is 1.78 bits per heavy atom. The lowest BCUT2D eigenvalue weighted by Crippen LogP contribution is -2.74. The molecular formula is C28H48N4. The molecule has 0 bridgehead atoms. The Balaban J connectivity index is 1.07. The SMILES string of the molecule is NC1(N)CCCC2CC3C(CCC4NC5C(CCC6CC7CCCCC7CC65)NC43)CC21. The Morgan fingerprint density at radius 2 is 1.09 bits per heavy atom. The molecule has 0 spiro atoms. The molecule has 6 saturated carbocycles. The molecule has 32 heavy (non-hydrogen) atoms. The second kappa shape index (κ2) is 7.93. The molecule has 180 valence electrons. The average molecular weight is 441 g/mol. The van der Waals surface area contributed by atoms with Crippen molar-refractivity contribution in [1.29, 1.82) is 0 Å². The predicted molar refractivity (Wildman–Crippen MR) is 130 cm³/mol. The van der Waals surface area contributed by atoms with Crippen LogP contribution in [0.15, 0.2) is 0 Å². The molecular weight excluding hydrogens is 392 g/mol. The van der Waals surface area contributed by atoms with Crippen LogP contribution in [-0.2, 0) is 0 Å². The van der Waals surface area contributed by atoms with Gasteiger partial charge in [0.1, 0.15) is 0 Å². The molecule has 0 radical (unpaired) electrons. The van der Waals surface area contributed by atoms with Gasteiger partial charge in [-0.1, -0.05) is 25.7 Å². The molecule has 0 aromatic rings. The van der Waals surface area contributed by atoms with Crippen LogP contribution in [-0.4, -0.2) is 29.8 Å². The summed E-state index contributed by atoms with van der Waals surface area (Å²) in [6.07, 6.45) is 21.2. The maximum atomic E-state index is 6.63. The first-order valence-electron chi connectivity index (χ1n) is 14.7. The van der Waals surface area contributed by atoms with Gasteiger partial charge in [0.05, 0.1) is 5.66 Å². The summed E-state index contributed by atoms with van der Waals surface area (Å²) in [6.45, 7) is 0. The number of nitrogens with one attached hydrogen (secondary N) is 2. The van der Waals surface area contributed by atoms with E-state index in [0.717, 1.165) is 59.9 Å². The minimum absolute atomic E-state index is 0.398. The Labute approximate surface area is 195 Å². The highest BCUT2D eigenvalue weighted by atomic mass is 15.2. The highest BCUT2D eigenvalue weighted by molar-refractivity contribution is 5.12. The molecule has 12 atom stereocenters. The van der Waals surface area contributed by atoms with Crippen LogP contribution in [0.25, 0.3) is 0 Å². The topological polar surface area (TPSA) is 76.1 Å². The third-order valence-corrected chi connectivity index (χ3v) is 12.3. The van der Waals surface area contributed by atoms with Crippen molar-refractivity contribution < 1.29 is 0 Å². The van der Waals surface area contributed by atoms with Gasteiger partial charge in [0, 0.05) is 24.2 Å². The van der Waals surface area contributed by atoms with Crippen molar-refractivity contribution in [2.45, 2.75) is 126 Å². The van der Waals surface area contributed by atoms with Crippen LogP contribution in [0.2, 0.25) is 0 Å². The van der Waals surface area contributed by atoms with Gasteiger partial charge in [0.2, 0.25) is 0 Å². The standard InChI is InChI=1S/C28H48N4/c29-28(30)11-3-6-20-14-22-19(15-23(20)28)8-10-25-27(22)32-24-9-7-18-12-16-4-1-2-5-17(16)13-21(18)26(24)31-25/h16-27,31-32H,1-15,29-30H2. The molecule has 4 nitrogen and oxygen atoms in total. The predicted octanol–water partition coefficient (Wildman–Crippen LogP) is 4.13. The van der Waals surface area contributed by atoms with Crippen molar-refractivity contribution in [3.8, 4) is 0 Å². The fourth-order valence-electron chi connectivity index (χ4n) is 10.9. The van der Waals surface area contributed by atoms with Gasteiger partial charge in [-0.25, -0.2) is 0 Å². The first-order valence-corrected chi connectivity index (χ1v) is 14.7. The molecule has 0 aromatic heterocycles. The van der Waals surface area contributed by atoms with E-state index in [0.29, 0.717) is 18.0 Å². The zero-order valence-electron chi connectivity index (χ0n) is 20.2. The van der Waals surface area contributed by atoms with Crippen molar-refractivity contribution >= 4 is 0 Å². The summed E-state index contributed by atoms with van der Waals surface area (Å²) in [7, 11) is 0. The zero-order valence-corrected chi connectivity index (χ0v) is 20.2. The quantitative estimate of drug-likeness (QED) is 0.427. The molecule has 1 heterocycles. The summed E-state index contributed by atoms with van der Waals surface area (Å²) in [6, 6.07) is 2.89. The first kappa shape index (κ1) is 21.1. The lowest BCUT2D eigenvalue weighted by molar-refractivity contribution is -0.0519. The summed E-state index contributed by atoms with van der Waals surface area (Å²) < 4.78 is 0. The van der Waals surface area contributed by atoms with E-state index in [1.54, 1.807) is 6.42 Å². The second-order valence-electron chi connectivity index (χ2n) is 13.7. The zero-order chi connectivity index (χ0) is 21.4. The van der Waals surface area contributed by atoms with E-state index in [9.17, 15) is 0 Å². The van der Waals surface area contributed by atoms with Crippen LogP contribution in [0, 0.1) is 47.3 Å². The summed E-state index contributed by atoms with van der Waals surface area (Å²) >= 11 is 0. The number of rotatable bonds is 0. The average Bonchev–Trinajstić information content (AvgIpc) is 2.80. The van der Waals surface area contributed by atoms with E-state index in [1.807, 2.05) is 0 Å². The van der Waals surface area contributed by atoms with E-state index in [-0.39, 0.29) is 0 Å². The smallest absolute Gasteiger partial charge is 0.0668 e. The Hall–Kier alpha value is -0.160. The van der Waals surface area contributed by atoms with Gasteiger partial charge in [-0.05, 0) is 118 Å². The third kappa shape index (κ3) is 3.37. The normalized spacial score (nSPS) is 56.4. The Bertz CT molecular complexity index is 708. The van der Waals surface area contributed by atoms with E-state index >= 15 is 0 Å². The van der Waals surface area contributed by atoms with Crippen LogP contribution < -0.4 is 22.1 Å². The fraction of sp³-hybridized carbons (Fsp3) is 1.00. The van der Waals surface area contributed by atoms with Gasteiger partial charge in [-0.15, -0.1) is 0 Å². The van der Waals surface area contributed by atoms with Gasteiger partial charge in [-0.3, -0.25) is 0 Å². The number of hydrogen-bond acceptors (Lipinski definition) is 4. The van der Waals surface area contributed by atoms with Gasteiger partial charge < -0.3 is 22.1 Å². The minimum atomic E-state index is -0.398. The van der Waals surface area contributed by atoms with Gasteiger partial charge in [-0.2, -0.15) is 0 Å². The molecule has 7 fully saturated rings. The second-order valence-corrected chi connectivity index (χ2v) is 13.7. The summed E-state index contributed by atoms with van der Waals surface area (Å²) in [4.78, 5) is 0. The first-order chi connectivity index (χ1) is 15.6. The summed E-state index contributed by atoms with van der Waals surface area (Å²) in [5.41, 5.74) is 12.9. The van der Waals surface area contributed by atoms with Crippen molar-refractivity contribution in [2.75, 3.05) is 0 Å². The molecule has 0 aromatic carbocycles. The lowest BCUT2D eigenvalue weighted by Gasteiger charge is -2.60. The van der Waals surface area contributed by atoms with Crippen LogP contribution >= 0.6 is 0 Å². The van der Waals surface area contributed by atoms with Crippen molar-refractivity contribution in [3.63, 3.8) is 0 Å². The maximum absolute atomic E-state index is 6.63. The molecule has 1 saturated heterocycles. The van der Waals surface area contributed by atoms with E-state index in [4.69, 9.17) is 11.5 Å². The van der Waals surface area contributed by atoms with E-state index < -0.39 is 5.66 Å². The van der Waals surface area contributed by atoms with Gasteiger partial charge in [0.15, 0.2) is 0 Å². The summed E-state index contributed by atoms with van der Waals surface area (Å²) in [5.74, 6) is 7.12. The third-order valence-electron chi connectivity index (χ3n) is 12.3. The number of piperazine rings is 1. The highest BCUT2D eigenvalue weighted by Gasteiger charge is 2.55. The van der Waals surface area contributed by atoms with Crippen molar-refractivity contribution in [3.05, 3.63) is 0 Å². The Morgan fingerprint density at radius 1 is 0.531 bits per heavy atom. The van der Waals surface area contributed by atoms with Crippen LogP contribution in [0.1, 0.15) is 96.3 Å². The lowest BCUT2D eigenvalue weighted by atomic mass is 9.54. The van der Waals surface area contributed by atoms with Gasteiger partial charge >= 0.3 is 0 Å². The molecule has 0 amide bonds. The van der Waals surface area contributed by atoms with Gasteiger partial charge in [0.25, 0.3) is 0 Å². The van der Waals surface area contributed by atoms with Crippen LogP contribution in [0.4, 0.5) is 0 Å². The molecule has 12 unspecified atom stereocenters. The number of hydrogen-bond donors (Lipinski definition) is 4. The monoisotopic (exact) mass is 440 g/mol. The van der Waals surface area contributed by atoms with Crippen LogP contribution in [0.5, 0.6) is 0 Å². The Kier molecular flexibility index (Phi) is 5.24. The molecule has 7 rings (SSSR count). The highest BCUT2D eigenvalue weighted by Crippen LogP contribution is 2.54. The van der Waals surface area contributed by atoms with Crippen molar-refractivity contribution in [2.24, 2.45) is 58.8 Å². The number of fused-ring (bicyclic) bond motifs is 8. The minimum Gasteiger partial charge on any atom is -0.313 e. The fourth-order valence-corrected chi connectivity index (χ4v) is 10.9. The van der Waals surface area contributed by atoms with Crippen LogP contribution in [0.3, 0.4) is 0 Å². The molecule has 4 heteroatoms. The number of nitrogens with two attached hydrogens (primary N) is 2.